The van der Waals surface area contributed by atoms with Crippen molar-refractivity contribution in [2.75, 3.05) is 0 Å². The minimum absolute atomic E-state index is 0. The number of hydrogen-bond donors (Lipinski definition) is 2. The van der Waals surface area contributed by atoms with E-state index in [0.29, 0.717) is 0 Å². The quantitative estimate of drug-likeness (QED) is 0.223. The fourth-order valence-electron chi connectivity index (χ4n) is 4.01. The van der Waals surface area contributed by atoms with E-state index < -0.39 is 0 Å². The Kier molecular flexibility index (Phi) is 6.68. The Morgan fingerprint density at radius 2 is 1.00 bits per heavy atom. The summed E-state index contributed by atoms with van der Waals surface area (Å²) in [7, 11) is 0. The van der Waals surface area contributed by atoms with Crippen molar-refractivity contribution in [1.82, 2.24) is 19.9 Å². The molecule has 0 fully saturated rings. The van der Waals surface area contributed by atoms with Crippen LogP contribution < -0.4 is 0 Å². The predicted octanol–water partition coefficient (Wildman–Crippen LogP) is 7.29. The van der Waals surface area contributed by atoms with Crippen LogP contribution in [0.5, 0.6) is 0 Å². The van der Waals surface area contributed by atoms with Gasteiger partial charge in [0.1, 0.15) is 0 Å². The van der Waals surface area contributed by atoms with Crippen LogP contribution in [0.25, 0.3) is 57.1 Å². The number of H-pyrrole nitrogens is 2. The molecule has 5 aromatic rings. The van der Waals surface area contributed by atoms with Crippen molar-refractivity contribution < 1.29 is 25.8 Å². The molecule has 35 heavy (non-hydrogen) atoms. The first-order valence-corrected chi connectivity index (χ1v) is 11.2. The van der Waals surface area contributed by atoms with Crippen LogP contribution >= 0.6 is 0 Å². The van der Waals surface area contributed by atoms with Crippen LogP contribution in [0.15, 0.2) is 91.0 Å². The maximum absolute atomic E-state index is 4.62. The molecule has 0 atom stereocenters. The molecule has 2 N–H and O–H groups in total. The number of aromatic nitrogens is 4. The van der Waals surface area contributed by atoms with Gasteiger partial charge in [-0.05, 0) is 72.8 Å². The summed E-state index contributed by atoms with van der Waals surface area (Å²) in [5.41, 5.74) is 7.86. The molecule has 0 saturated heterocycles. The van der Waals surface area contributed by atoms with Gasteiger partial charge in [0.15, 0.2) is 0 Å². The molecule has 0 aliphatic carbocycles. The molecule has 4 nitrogen and oxygen atoms in total. The van der Waals surface area contributed by atoms with E-state index in [9.17, 15) is 0 Å². The minimum Gasteiger partial charge on any atom is -0.355 e. The van der Waals surface area contributed by atoms with E-state index in [1.54, 1.807) is 0 Å². The van der Waals surface area contributed by atoms with Crippen molar-refractivity contribution in [3.05, 3.63) is 120 Å². The summed E-state index contributed by atoms with van der Waals surface area (Å²) in [6, 6.07) is 33.8. The Bertz CT molecular complexity index is 1570. The van der Waals surface area contributed by atoms with E-state index in [-0.39, 0.29) is 25.8 Å². The number of benzene rings is 2. The third-order valence-corrected chi connectivity index (χ3v) is 5.61. The molecular formula is C30H21N4Sc-. The number of fused-ring (bicyclic) bond motifs is 9. The molecule has 0 unspecified atom stereocenters. The van der Waals surface area contributed by atoms with Gasteiger partial charge in [-0.15, -0.1) is 47.2 Å². The third-order valence-electron chi connectivity index (χ3n) is 5.61. The van der Waals surface area contributed by atoms with Crippen LogP contribution in [0, 0.1) is 6.07 Å². The summed E-state index contributed by atoms with van der Waals surface area (Å²) in [6.07, 6.45) is 8.05. The molecule has 1 radical (unpaired) electrons. The summed E-state index contributed by atoms with van der Waals surface area (Å²) in [5, 5.41) is 2.44. The molecule has 8 bridgehead atoms. The van der Waals surface area contributed by atoms with Crippen molar-refractivity contribution in [2.24, 2.45) is 0 Å². The summed E-state index contributed by atoms with van der Waals surface area (Å²) in [6.45, 7) is 0. The number of aromatic amines is 2. The van der Waals surface area contributed by atoms with Gasteiger partial charge in [-0.3, -0.25) is 0 Å². The minimum atomic E-state index is 0. The van der Waals surface area contributed by atoms with Crippen LogP contribution in [0.3, 0.4) is 0 Å². The number of rotatable bonds is 0. The maximum atomic E-state index is 4.62. The summed E-state index contributed by atoms with van der Waals surface area (Å²) < 4.78 is 0. The van der Waals surface area contributed by atoms with Crippen LogP contribution in [0.4, 0.5) is 0 Å². The first-order valence-electron chi connectivity index (χ1n) is 11.2. The Morgan fingerprint density at radius 1 is 0.514 bits per heavy atom. The summed E-state index contributed by atoms with van der Waals surface area (Å²) in [5.74, 6) is 0. The van der Waals surface area contributed by atoms with Gasteiger partial charge in [-0.2, -0.15) is 0 Å². The van der Waals surface area contributed by atoms with Gasteiger partial charge >= 0.3 is 0 Å². The average Bonchev–Trinajstić information content (AvgIpc) is 3.66. The van der Waals surface area contributed by atoms with Gasteiger partial charge in [0.2, 0.25) is 0 Å². The topological polar surface area (TPSA) is 57.4 Å². The van der Waals surface area contributed by atoms with E-state index in [0.717, 1.165) is 44.8 Å². The van der Waals surface area contributed by atoms with Gasteiger partial charge in [0.05, 0.1) is 22.8 Å². The second-order valence-electron chi connectivity index (χ2n) is 8.16. The van der Waals surface area contributed by atoms with Crippen LogP contribution in [-0.4, -0.2) is 19.9 Å². The molecule has 5 heterocycles. The molecule has 0 saturated carbocycles. The molecule has 2 aliphatic rings. The average molecular weight is 482 g/mol. The Labute approximate surface area is 221 Å². The third kappa shape index (κ3) is 5.47. The first kappa shape index (κ1) is 22.9. The van der Waals surface area contributed by atoms with E-state index in [2.05, 4.69) is 74.5 Å². The van der Waals surface area contributed by atoms with Crippen molar-refractivity contribution in [2.45, 2.75) is 0 Å². The fourth-order valence-corrected chi connectivity index (χ4v) is 4.01. The fraction of sp³-hybridized carbons (Fsp3) is 0. The first-order chi connectivity index (χ1) is 16.8. The van der Waals surface area contributed by atoms with E-state index >= 15 is 0 Å². The normalized spacial score (nSPS) is 11.5. The summed E-state index contributed by atoms with van der Waals surface area (Å²) in [4.78, 5) is 16.0. The van der Waals surface area contributed by atoms with Crippen LogP contribution in [0.1, 0.15) is 22.8 Å². The predicted molar refractivity (Wildman–Crippen MR) is 142 cm³/mol. The monoisotopic (exact) mass is 482 g/mol. The van der Waals surface area contributed by atoms with Crippen molar-refractivity contribution in [1.29, 1.82) is 0 Å². The largest absolute Gasteiger partial charge is 0.355 e. The van der Waals surface area contributed by atoms with Gasteiger partial charge in [0, 0.05) is 47.9 Å². The standard InChI is InChI=1S/C20H14N4.C10H7.Sc/c1-2-14-10-16-5-6-18(23-16)12-20-8-7-19(24-20)11-17-4-3-15(22-17)9-13(1)21-14;1-2-6-10-8-4-3-7-9(10)5-1;/h1-12,21-22H;1-7H;/q;-1;. The van der Waals surface area contributed by atoms with Gasteiger partial charge in [0.25, 0.3) is 0 Å². The molecule has 7 rings (SSSR count). The maximum Gasteiger partial charge on any atom is 0.0659 e. The number of nitrogens with zero attached hydrogens (tertiary/aromatic N) is 2. The molecule has 2 aliphatic heterocycles. The van der Waals surface area contributed by atoms with Crippen molar-refractivity contribution in [3.8, 4) is 0 Å². The SMILES string of the molecule is C1=Cc2cc3ccc(cc4ccc(cc5nc(cc1n2)C=C5)[nH]4)[nH]3.[Sc].[c-]1cccc2ccccc12. The van der Waals surface area contributed by atoms with E-state index in [1.165, 1.54) is 10.8 Å². The Balaban J connectivity index is 0.000000194. The van der Waals surface area contributed by atoms with E-state index in [1.807, 2.05) is 66.8 Å². The van der Waals surface area contributed by atoms with Crippen molar-refractivity contribution in [3.63, 3.8) is 0 Å². The van der Waals surface area contributed by atoms with Crippen LogP contribution in [0.2, 0.25) is 0 Å². The van der Waals surface area contributed by atoms with E-state index in [4.69, 9.17) is 0 Å². The number of nitrogens with one attached hydrogen (secondary N) is 2. The zero-order valence-corrected chi connectivity index (χ0v) is 20.7. The van der Waals surface area contributed by atoms with Gasteiger partial charge in [-0.25, -0.2) is 9.97 Å². The second-order valence-corrected chi connectivity index (χ2v) is 8.16. The number of hydrogen-bond acceptors (Lipinski definition) is 2. The van der Waals surface area contributed by atoms with Crippen LogP contribution in [-0.2, 0) is 25.8 Å². The Hall–Kier alpha value is -3.83. The smallest absolute Gasteiger partial charge is 0.0659 e. The molecule has 165 valence electrons. The molecule has 0 amide bonds. The molecule has 5 heteroatoms. The second kappa shape index (κ2) is 10.2. The zero-order chi connectivity index (χ0) is 22.7. The Morgan fingerprint density at radius 3 is 1.57 bits per heavy atom. The molecule has 3 aromatic heterocycles. The van der Waals surface area contributed by atoms with Crippen molar-refractivity contribution >= 4 is 57.1 Å². The van der Waals surface area contributed by atoms with Gasteiger partial charge in [-0.1, -0.05) is 12.1 Å². The summed E-state index contributed by atoms with van der Waals surface area (Å²) >= 11 is 0. The molecule has 0 spiro atoms. The molecule has 2 aromatic carbocycles. The zero-order valence-electron chi connectivity index (χ0n) is 18.9. The molecular weight excluding hydrogens is 461 g/mol. The van der Waals surface area contributed by atoms with Gasteiger partial charge < -0.3 is 9.97 Å².